The lowest BCUT2D eigenvalue weighted by Crippen LogP contribution is -2.55. The van der Waals surface area contributed by atoms with Gasteiger partial charge in [0, 0.05) is 18.0 Å². The van der Waals surface area contributed by atoms with Crippen LogP contribution in [0.5, 0.6) is 0 Å². The number of nitrogens with two attached hydrogens (primary N) is 1. The molecule has 1 aromatic rings. The number of aryl methyl sites for hydroxylation is 2. The van der Waals surface area contributed by atoms with Crippen molar-refractivity contribution in [3.05, 3.63) is 34.9 Å². The van der Waals surface area contributed by atoms with Crippen LogP contribution < -0.4 is 11.1 Å². The Hall–Kier alpha value is -0.900. The molecule has 1 fully saturated rings. The lowest BCUT2D eigenvalue weighted by Gasteiger charge is -2.46. The molecule has 3 nitrogen and oxygen atoms in total. The van der Waals surface area contributed by atoms with E-state index in [1.54, 1.807) is 0 Å². The summed E-state index contributed by atoms with van der Waals surface area (Å²) in [6.45, 7) is 2.22. The normalized spacial score (nSPS) is 22.4. The quantitative estimate of drug-likeness (QED) is 0.868. The van der Waals surface area contributed by atoms with Gasteiger partial charge in [-0.05, 0) is 49.4 Å². The van der Waals surface area contributed by atoms with Crippen molar-refractivity contribution in [3.63, 3.8) is 0 Å². The minimum Gasteiger partial charge on any atom is -0.380 e. The van der Waals surface area contributed by atoms with Crippen molar-refractivity contribution >= 4 is 0 Å². The van der Waals surface area contributed by atoms with Crippen LogP contribution in [0.2, 0.25) is 0 Å². The Morgan fingerprint density at radius 3 is 2.58 bits per heavy atom. The van der Waals surface area contributed by atoms with E-state index in [0.717, 1.165) is 13.2 Å². The smallest absolute Gasteiger partial charge is 0.0575 e. The van der Waals surface area contributed by atoms with Crippen LogP contribution in [0.25, 0.3) is 0 Å². The van der Waals surface area contributed by atoms with Gasteiger partial charge in [-0.3, -0.25) is 0 Å². The van der Waals surface area contributed by atoms with E-state index in [-0.39, 0.29) is 5.41 Å². The van der Waals surface area contributed by atoms with E-state index in [4.69, 9.17) is 10.5 Å². The van der Waals surface area contributed by atoms with Crippen molar-refractivity contribution in [3.8, 4) is 0 Å². The minimum atomic E-state index is 0.0810. The van der Waals surface area contributed by atoms with Crippen molar-refractivity contribution in [2.24, 2.45) is 11.1 Å². The van der Waals surface area contributed by atoms with E-state index in [1.807, 2.05) is 7.05 Å². The number of nitrogens with one attached hydrogen (secondary N) is 1. The molecule has 3 heteroatoms. The van der Waals surface area contributed by atoms with Crippen molar-refractivity contribution in [2.75, 3.05) is 26.8 Å². The van der Waals surface area contributed by atoms with Gasteiger partial charge in [-0.2, -0.15) is 0 Å². The Morgan fingerprint density at radius 1 is 1.26 bits per heavy atom. The molecular formula is C16H24N2O. The molecule has 0 spiro atoms. The largest absolute Gasteiger partial charge is 0.380 e. The summed E-state index contributed by atoms with van der Waals surface area (Å²) in [7, 11) is 2.03. The maximum atomic E-state index is 6.00. The summed E-state index contributed by atoms with van der Waals surface area (Å²) in [4.78, 5) is 0. The zero-order chi connectivity index (χ0) is 13.3. The fraction of sp³-hybridized carbons (Fsp3) is 0.625. The Morgan fingerprint density at radius 2 is 2.00 bits per heavy atom. The third-order valence-corrected chi connectivity index (χ3v) is 4.79. The number of ether oxygens (including phenoxy) is 1. The van der Waals surface area contributed by atoms with Gasteiger partial charge in [0.25, 0.3) is 0 Å². The van der Waals surface area contributed by atoms with Crippen molar-refractivity contribution in [1.29, 1.82) is 0 Å². The first-order valence-corrected chi connectivity index (χ1v) is 7.36. The molecule has 2 aliphatic rings. The monoisotopic (exact) mass is 260 g/mol. The van der Waals surface area contributed by atoms with E-state index in [1.165, 1.54) is 42.4 Å². The summed E-state index contributed by atoms with van der Waals surface area (Å²) in [5.74, 6) is 0. The molecule has 3 N–H and O–H groups in total. The zero-order valence-electron chi connectivity index (χ0n) is 11.7. The molecule has 19 heavy (non-hydrogen) atoms. The molecule has 1 atom stereocenters. The van der Waals surface area contributed by atoms with Crippen LogP contribution in [0.4, 0.5) is 0 Å². The van der Waals surface area contributed by atoms with Crippen molar-refractivity contribution in [2.45, 2.75) is 31.7 Å². The summed E-state index contributed by atoms with van der Waals surface area (Å²) in [6.07, 6.45) is 5.13. The summed E-state index contributed by atoms with van der Waals surface area (Å²) < 4.78 is 5.43. The number of rotatable bonds is 4. The van der Waals surface area contributed by atoms with Gasteiger partial charge in [0.15, 0.2) is 0 Å². The maximum absolute atomic E-state index is 6.00. The van der Waals surface area contributed by atoms with Gasteiger partial charge < -0.3 is 15.8 Å². The Kier molecular flexibility index (Phi) is 3.61. The summed E-state index contributed by atoms with van der Waals surface area (Å²) in [5, 5.41) is 3.46. The van der Waals surface area contributed by atoms with E-state index >= 15 is 0 Å². The average molecular weight is 260 g/mol. The minimum absolute atomic E-state index is 0.0810. The molecule has 0 amide bonds. The highest BCUT2D eigenvalue weighted by atomic mass is 16.5. The van der Waals surface area contributed by atoms with Gasteiger partial charge in [-0.1, -0.05) is 18.2 Å². The van der Waals surface area contributed by atoms with Gasteiger partial charge in [0.2, 0.25) is 0 Å². The van der Waals surface area contributed by atoms with Crippen molar-refractivity contribution in [1.82, 2.24) is 5.32 Å². The standard InChI is InChI=1S/C16H24N2O/c1-18-15(16(9-17)10-19-11-16)14-7-6-12-4-2-3-5-13(12)8-14/h6-8,15,18H,2-5,9-11,17H2,1H3. The molecule has 0 saturated carbocycles. The first-order chi connectivity index (χ1) is 9.29. The number of hydrogen-bond donors (Lipinski definition) is 2. The SMILES string of the molecule is CNC(c1ccc2c(c1)CCCC2)C1(CN)COC1. The Balaban J connectivity index is 1.91. The molecule has 1 heterocycles. The molecule has 1 saturated heterocycles. The second-order valence-corrected chi connectivity index (χ2v) is 6.02. The van der Waals surface area contributed by atoms with E-state index in [0.29, 0.717) is 12.6 Å². The highest BCUT2D eigenvalue weighted by molar-refractivity contribution is 5.36. The molecule has 1 aromatic carbocycles. The van der Waals surface area contributed by atoms with Gasteiger partial charge in [0.05, 0.1) is 13.2 Å². The average Bonchev–Trinajstić information content (AvgIpc) is 2.42. The van der Waals surface area contributed by atoms with Crippen LogP contribution in [0.15, 0.2) is 18.2 Å². The van der Waals surface area contributed by atoms with Crippen LogP contribution in [0.3, 0.4) is 0 Å². The van der Waals surface area contributed by atoms with Gasteiger partial charge in [0.1, 0.15) is 0 Å². The summed E-state index contributed by atoms with van der Waals surface area (Å²) in [5.41, 5.74) is 10.5. The lowest BCUT2D eigenvalue weighted by molar-refractivity contribution is -0.126. The summed E-state index contributed by atoms with van der Waals surface area (Å²) in [6, 6.07) is 7.29. The van der Waals surface area contributed by atoms with Crippen LogP contribution >= 0.6 is 0 Å². The third kappa shape index (κ3) is 2.20. The molecule has 1 aliphatic carbocycles. The van der Waals surface area contributed by atoms with Crippen LogP contribution in [0.1, 0.15) is 35.6 Å². The maximum Gasteiger partial charge on any atom is 0.0575 e. The van der Waals surface area contributed by atoms with Crippen molar-refractivity contribution < 1.29 is 4.74 Å². The third-order valence-electron chi connectivity index (χ3n) is 4.79. The Labute approximate surface area is 115 Å². The molecule has 0 aromatic heterocycles. The molecule has 104 valence electrons. The molecule has 1 aliphatic heterocycles. The highest BCUT2D eigenvalue weighted by Gasteiger charge is 2.44. The Bertz CT molecular complexity index is 449. The van der Waals surface area contributed by atoms with Gasteiger partial charge in [-0.15, -0.1) is 0 Å². The zero-order valence-corrected chi connectivity index (χ0v) is 11.7. The lowest BCUT2D eigenvalue weighted by atomic mass is 9.74. The molecule has 0 radical (unpaired) electrons. The topological polar surface area (TPSA) is 47.3 Å². The second-order valence-electron chi connectivity index (χ2n) is 6.02. The molecular weight excluding hydrogens is 236 g/mol. The number of hydrogen-bond acceptors (Lipinski definition) is 3. The van der Waals surface area contributed by atoms with Crippen LogP contribution in [-0.4, -0.2) is 26.8 Å². The molecule has 0 bridgehead atoms. The van der Waals surface area contributed by atoms with E-state index in [2.05, 4.69) is 23.5 Å². The predicted molar refractivity (Wildman–Crippen MR) is 77.2 cm³/mol. The number of fused-ring (bicyclic) bond motifs is 1. The summed E-state index contributed by atoms with van der Waals surface area (Å²) >= 11 is 0. The highest BCUT2D eigenvalue weighted by Crippen LogP contribution is 2.40. The van der Waals surface area contributed by atoms with Gasteiger partial charge >= 0.3 is 0 Å². The van der Waals surface area contributed by atoms with Crippen LogP contribution in [-0.2, 0) is 17.6 Å². The fourth-order valence-electron chi connectivity index (χ4n) is 3.53. The predicted octanol–water partition coefficient (Wildman–Crippen LogP) is 1.80. The molecule has 1 unspecified atom stereocenters. The van der Waals surface area contributed by atoms with E-state index in [9.17, 15) is 0 Å². The first-order valence-electron chi connectivity index (χ1n) is 7.36. The second kappa shape index (κ2) is 5.23. The van der Waals surface area contributed by atoms with E-state index < -0.39 is 0 Å². The number of benzene rings is 1. The fourth-order valence-corrected chi connectivity index (χ4v) is 3.53. The first kappa shape index (κ1) is 13.1. The van der Waals surface area contributed by atoms with Gasteiger partial charge in [-0.25, -0.2) is 0 Å². The van der Waals surface area contributed by atoms with Crippen LogP contribution in [0, 0.1) is 5.41 Å². The molecule has 3 rings (SSSR count).